The van der Waals surface area contributed by atoms with Gasteiger partial charge in [0.15, 0.2) is 0 Å². The van der Waals surface area contributed by atoms with Crippen molar-refractivity contribution in [2.24, 2.45) is 5.92 Å². The van der Waals surface area contributed by atoms with Crippen LogP contribution in [0.3, 0.4) is 0 Å². The van der Waals surface area contributed by atoms with Gasteiger partial charge in [0, 0.05) is 67.9 Å². The number of hydrogen-bond acceptors (Lipinski definition) is 9. The van der Waals surface area contributed by atoms with Crippen molar-refractivity contribution in [3.63, 3.8) is 0 Å². The van der Waals surface area contributed by atoms with Crippen molar-refractivity contribution in [3.8, 4) is 0 Å². The summed E-state index contributed by atoms with van der Waals surface area (Å²) in [7, 11) is 5.60. The van der Waals surface area contributed by atoms with E-state index in [1.165, 1.54) is 10.9 Å². The number of aliphatic hydroxyl groups is 1. The first-order valence-corrected chi connectivity index (χ1v) is 19.3. The number of piperidine rings is 1. The summed E-state index contributed by atoms with van der Waals surface area (Å²) >= 11 is 6.18. The second-order valence-corrected chi connectivity index (χ2v) is 15.2. The number of likely N-dealkylation sites (tertiary alicyclic amines) is 1. The Balaban J connectivity index is 1.05. The third-order valence-electron chi connectivity index (χ3n) is 10.4. The first-order chi connectivity index (χ1) is 26.9. The van der Waals surface area contributed by atoms with E-state index in [0.717, 1.165) is 16.6 Å². The summed E-state index contributed by atoms with van der Waals surface area (Å²) in [5.41, 5.74) is 2.49. The minimum absolute atomic E-state index is 0.00852. The lowest BCUT2D eigenvalue weighted by Crippen LogP contribution is -2.51. The molecule has 4 N–H and O–H groups in total. The minimum Gasteiger partial charge on any atom is -0.388 e. The van der Waals surface area contributed by atoms with Crippen LogP contribution >= 0.6 is 11.6 Å². The van der Waals surface area contributed by atoms with Crippen molar-refractivity contribution in [3.05, 3.63) is 106 Å². The molecular weight excluding hydrogens is 732 g/mol. The van der Waals surface area contributed by atoms with Gasteiger partial charge in [-0.3, -0.25) is 23.7 Å². The molecular formula is C42H49ClN8O5. The predicted molar refractivity (Wildman–Crippen MR) is 220 cm³/mol. The highest BCUT2D eigenvalue weighted by Crippen LogP contribution is 2.28. The molecule has 56 heavy (non-hydrogen) atoms. The Morgan fingerprint density at radius 2 is 1.73 bits per heavy atom. The van der Waals surface area contributed by atoms with Gasteiger partial charge in [-0.15, -0.1) is 0 Å². The first kappa shape index (κ1) is 40.3. The van der Waals surface area contributed by atoms with Crippen LogP contribution in [0.5, 0.6) is 0 Å². The number of hydrogen-bond donors (Lipinski definition) is 4. The molecule has 13 nitrogen and oxygen atoms in total. The first-order valence-electron chi connectivity index (χ1n) is 19.0. The van der Waals surface area contributed by atoms with Crippen LogP contribution in [0.15, 0.2) is 83.9 Å². The number of rotatable bonds is 15. The minimum atomic E-state index is -1.20. The summed E-state index contributed by atoms with van der Waals surface area (Å²) in [6.07, 6.45) is 4.09. The second kappa shape index (κ2) is 18.1. The summed E-state index contributed by atoms with van der Waals surface area (Å²) in [6.45, 7) is 1.75. The lowest BCUT2D eigenvalue weighted by Gasteiger charge is -2.39. The zero-order valence-corrected chi connectivity index (χ0v) is 32.8. The maximum Gasteiger partial charge on any atom is 0.261 e. The molecule has 6 rings (SSSR count). The highest BCUT2D eigenvalue weighted by atomic mass is 35.5. The Morgan fingerprint density at radius 1 is 0.982 bits per heavy atom. The maximum absolute atomic E-state index is 14.0. The number of pyridine rings is 1. The predicted octanol–water partition coefficient (Wildman–Crippen LogP) is 4.95. The Morgan fingerprint density at radius 3 is 2.46 bits per heavy atom. The number of carbonyl (C=O) groups is 3. The van der Waals surface area contributed by atoms with E-state index in [0.29, 0.717) is 97.5 Å². The molecule has 1 saturated heterocycles. The van der Waals surface area contributed by atoms with E-state index in [4.69, 9.17) is 11.6 Å². The molecule has 3 heterocycles. The lowest BCUT2D eigenvalue weighted by molar-refractivity contribution is -0.140. The summed E-state index contributed by atoms with van der Waals surface area (Å²) in [6, 6.07) is 21.9. The third kappa shape index (κ3) is 10.1. The Hall–Kier alpha value is -5.37. The smallest absolute Gasteiger partial charge is 0.261 e. The zero-order valence-electron chi connectivity index (χ0n) is 32.1. The third-order valence-corrected chi connectivity index (χ3v) is 10.6. The Kier molecular flexibility index (Phi) is 13.0. The van der Waals surface area contributed by atoms with Gasteiger partial charge < -0.3 is 30.9 Å². The Bertz CT molecular complexity index is 2260. The molecule has 0 saturated carbocycles. The fourth-order valence-corrected chi connectivity index (χ4v) is 7.38. The number of nitrogens with one attached hydrogen (secondary N) is 3. The van der Waals surface area contributed by atoms with Crippen molar-refractivity contribution in [1.29, 1.82) is 0 Å². The highest BCUT2D eigenvalue weighted by Gasteiger charge is 2.36. The van der Waals surface area contributed by atoms with Crippen LogP contribution in [0.4, 0.5) is 11.4 Å². The molecule has 0 spiro atoms. The standard InChI is InChI=1S/C42H49ClN8O5/c1-44-34-25-37(43)48-36-23-29(11-13-32(34)36)39(53)45-18-7-10-30(22-28-8-5-4-6-9-28)40(54)50-20-16-42(56,17-21-50)26-51-27-46-35-24-31(12-14-33(35)41(51)55)47-38(52)15-19-49(2)3/h4-6,8-9,11-14,23-25,27,30,56H,7,10,15-22,26H2,1-3H3,(H,44,48)(H,45,53)(H,47,52). The highest BCUT2D eigenvalue weighted by molar-refractivity contribution is 6.30. The van der Waals surface area contributed by atoms with Crippen molar-refractivity contribution < 1.29 is 19.5 Å². The molecule has 2 aromatic heterocycles. The Labute approximate surface area is 331 Å². The van der Waals surface area contributed by atoms with Crippen LogP contribution in [0.1, 0.15) is 48.0 Å². The van der Waals surface area contributed by atoms with E-state index >= 15 is 0 Å². The number of amides is 3. The van der Waals surface area contributed by atoms with Gasteiger partial charge in [-0.25, -0.2) is 9.97 Å². The number of aromatic nitrogens is 3. The zero-order chi connectivity index (χ0) is 39.8. The van der Waals surface area contributed by atoms with Crippen LogP contribution in [-0.4, -0.2) is 100 Å². The summed E-state index contributed by atoms with van der Waals surface area (Å²) < 4.78 is 1.42. The number of anilines is 2. The molecule has 5 aromatic rings. The van der Waals surface area contributed by atoms with Crippen LogP contribution in [0.2, 0.25) is 5.15 Å². The van der Waals surface area contributed by atoms with E-state index in [2.05, 4.69) is 25.9 Å². The van der Waals surface area contributed by atoms with Gasteiger partial charge in [0.25, 0.3) is 11.5 Å². The van der Waals surface area contributed by atoms with Crippen molar-refractivity contribution in [2.45, 2.75) is 50.7 Å². The number of benzene rings is 3. The van der Waals surface area contributed by atoms with Gasteiger partial charge >= 0.3 is 0 Å². The summed E-state index contributed by atoms with van der Waals surface area (Å²) in [5, 5.41) is 22.1. The molecule has 1 fully saturated rings. The number of nitrogens with zero attached hydrogens (tertiary/aromatic N) is 5. The molecule has 294 valence electrons. The number of fused-ring (bicyclic) bond motifs is 2. The van der Waals surface area contributed by atoms with Gasteiger partial charge in [0.1, 0.15) is 5.15 Å². The SMILES string of the molecule is CNc1cc(Cl)nc2cc(C(=O)NCCCC(Cc3ccccc3)C(=O)N3CCC(O)(Cn4cnc5cc(NC(=O)CCN(C)C)ccc5c4=O)CC3)ccc12. The van der Waals surface area contributed by atoms with Gasteiger partial charge in [0.2, 0.25) is 11.8 Å². The molecule has 14 heteroatoms. The quantitative estimate of drug-likeness (QED) is 0.0851. The lowest BCUT2D eigenvalue weighted by atomic mass is 9.88. The van der Waals surface area contributed by atoms with Crippen molar-refractivity contribution in [1.82, 2.24) is 29.7 Å². The van der Waals surface area contributed by atoms with E-state index in [-0.39, 0.29) is 35.7 Å². The normalized spacial score (nSPS) is 14.5. The maximum atomic E-state index is 14.0. The number of carbonyl (C=O) groups excluding carboxylic acids is 3. The van der Waals surface area contributed by atoms with Crippen LogP contribution < -0.4 is 21.5 Å². The van der Waals surface area contributed by atoms with E-state index < -0.39 is 5.60 Å². The van der Waals surface area contributed by atoms with Crippen molar-refractivity contribution in [2.75, 3.05) is 58.0 Å². The van der Waals surface area contributed by atoms with Gasteiger partial charge in [-0.2, -0.15) is 0 Å². The molecule has 1 unspecified atom stereocenters. The van der Waals surface area contributed by atoms with E-state index in [1.54, 1.807) is 43.4 Å². The molecule has 0 aliphatic carbocycles. The molecule has 0 bridgehead atoms. The second-order valence-electron chi connectivity index (χ2n) is 14.8. The number of halogens is 1. The average molecular weight is 781 g/mol. The summed E-state index contributed by atoms with van der Waals surface area (Å²) in [4.78, 5) is 65.4. The van der Waals surface area contributed by atoms with Crippen molar-refractivity contribution >= 4 is 62.5 Å². The topological polar surface area (TPSA) is 162 Å². The average Bonchev–Trinajstić information content (AvgIpc) is 3.19. The van der Waals surface area contributed by atoms with Gasteiger partial charge in [0.05, 0.1) is 34.9 Å². The fraction of sp³-hybridized carbons (Fsp3) is 0.381. The molecule has 1 aliphatic heterocycles. The molecule has 3 amide bonds. The molecule has 3 aromatic carbocycles. The molecule has 1 aliphatic rings. The molecule has 0 radical (unpaired) electrons. The van der Waals surface area contributed by atoms with E-state index in [1.807, 2.05) is 60.3 Å². The monoisotopic (exact) mass is 780 g/mol. The van der Waals surface area contributed by atoms with E-state index in [9.17, 15) is 24.3 Å². The fourth-order valence-electron chi connectivity index (χ4n) is 7.18. The van der Waals surface area contributed by atoms with Gasteiger partial charge in [-0.05, 0) is 94.2 Å². The van der Waals surface area contributed by atoms with Crippen LogP contribution in [0, 0.1) is 5.92 Å². The summed E-state index contributed by atoms with van der Waals surface area (Å²) in [5.74, 6) is -0.664. The van der Waals surface area contributed by atoms with Crippen LogP contribution in [-0.2, 0) is 22.6 Å². The van der Waals surface area contributed by atoms with Crippen LogP contribution in [0.25, 0.3) is 21.8 Å². The molecule has 1 atom stereocenters. The van der Waals surface area contributed by atoms with Gasteiger partial charge in [-0.1, -0.05) is 41.9 Å². The largest absolute Gasteiger partial charge is 0.388 e.